The number of aromatic nitrogens is 3. The average molecular weight is 404 g/mol. The van der Waals surface area contributed by atoms with E-state index in [9.17, 15) is 9.59 Å². The molecule has 1 aromatic carbocycles. The van der Waals surface area contributed by atoms with Crippen molar-refractivity contribution in [2.24, 2.45) is 0 Å². The average Bonchev–Trinajstić information content (AvgIpc) is 3.12. The van der Waals surface area contributed by atoms with Gasteiger partial charge in [-0.3, -0.25) is 14.3 Å². The molecule has 0 saturated carbocycles. The van der Waals surface area contributed by atoms with Crippen LogP contribution in [-0.4, -0.2) is 33.6 Å². The van der Waals surface area contributed by atoms with Crippen LogP contribution in [0.4, 0.5) is 11.5 Å². The molecule has 2 N–H and O–H groups in total. The van der Waals surface area contributed by atoms with Gasteiger partial charge in [-0.1, -0.05) is 19.1 Å². The molecule has 3 aromatic rings. The molecule has 8 nitrogen and oxygen atoms in total. The van der Waals surface area contributed by atoms with Crippen molar-refractivity contribution in [3.05, 3.63) is 71.2 Å². The number of hydrogen-bond acceptors (Lipinski definition) is 5. The van der Waals surface area contributed by atoms with E-state index in [1.165, 1.54) is 0 Å². The molecule has 0 spiro atoms. The van der Waals surface area contributed by atoms with Crippen LogP contribution >= 0.6 is 0 Å². The summed E-state index contributed by atoms with van der Waals surface area (Å²) in [6.45, 7) is 4.75. The summed E-state index contributed by atoms with van der Waals surface area (Å²) >= 11 is 0. The third-order valence-corrected chi connectivity index (χ3v) is 5.29. The lowest BCUT2D eigenvalue weighted by Crippen LogP contribution is -2.45. The second-order valence-corrected chi connectivity index (χ2v) is 7.30. The highest BCUT2D eigenvalue weighted by Gasteiger charge is 2.30. The first-order chi connectivity index (χ1) is 14.5. The zero-order valence-corrected chi connectivity index (χ0v) is 17.2. The molecule has 2 aromatic heterocycles. The first-order valence-electron chi connectivity index (χ1n) is 9.92. The molecular weight excluding hydrogens is 380 g/mol. The van der Waals surface area contributed by atoms with Gasteiger partial charge in [0.05, 0.1) is 17.3 Å². The molecule has 154 valence electrons. The van der Waals surface area contributed by atoms with Crippen LogP contribution in [0.5, 0.6) is 0 Å². The molecule has 0 fully saturated rings. The molecule has 8 heteroatoms. The van der Waals surface area contributed by atoms with Crippen LogP contribution in [-0.2, 0) is 6.54 Å². The number of rotatable bonds is 5. The zero-order valence-electron chi connectivity index (χ0n) is 17.2. The number of carbonyl (C=O) groups excluding carboxylic acids is 2. The fraction of sp³-hybridized carbons (Fsp3) is 0.273. The number of aryl methyl sites for hydroxylation is 1. The lowest BCUT2D eigenvalue weighted by atomic mass is 10.1. The number of nitrogens with one attached hydrogen (secondary N) is 2. The Morgan fingerprint density at radius 3 is 2.73 bits per heavy atom. The summed E-state index contributed by atoms with van der Waals surface area (Å²) < 4.78 is 1.84. The van der Waals surface area contributed by atoms with Crippen molar-refractivity contribution < 1.29 is 9.59 Å². The number of fused-ring (bicyclic) bond motifs is 1. The van der Waals surface area contributed by atoms with Crippen LogP contribution in [0, 0.1) is 6.92 Å². The molecule has 1 aliphatic heterocycles. The number of benzene rings is 1. The Bertz CT molecular complexity index is 1090. The Hall–Kier alpha value is -3.68. The second kappa shape index (κ2) is 7.98. The zero-order chi connectivity index (χ0) is 21.3. The Morgan fingerprint density at radius 2 is 2.00 bits per heavy atom. The standard InChI is InChI=1S/C22H24N6O2/c1-4-12-28-14(2)18(13-24-28)22(30)25-16-9-7-15(8-10-16)19-26-21(29)17-6-5-11-23-20(17)27(19)3/h5-11,13,19H,4,12H2,1-3H3,(H,25,30)(H,26,29). The van der Waals surface area contributed by atoms with E-state index in [0.29, 0.717) is 22.6 Å². The van der Waals surface area contributed by atoms with Crippen LogP contribution in [0.25, 0.3) is 0 Å². The lowest BCUT2D eigenvalue weighted by molar-refractivity contribution is 0.0926. The third kappa shape index (κ3) is 3.52. The lowest BCUT2D eigenvalue weighted by Gasteiger charge is -2.35. The van der Waals surface area contributed by atoms with Gasteiger partial charge in [0.2, 0.25) is 0 Å². The van der Waals surface area contributed by atoms with Gasteiger partial charge in [-0.15, -0.1) is 0 Å². The van der Waals surface area contributed by atoms with E-state index in [1.54, 1.807) is 24.5 Å². The van der Waals surface area contributed by atoms with Crippen molar-refractivity contribution in [1.29, 1.82) is 0 Å². The van der Waals surface area contributed by atoms with E-state index in [2.05, 4.69) is 27.6 Å². The molecule has 4 rings (SSSR count). The van der Waals surface area contributed by atoms with Crippen molar-refractivity contribution in [1.82, 2.24) is 20.1 Å². The first kappa shape index (κ1) is 19.6. The van der Waals surface area contributed by atoms with Gasteiger partial charge in [0.25, 0.3) is 11.8 Å². The highest BCUT2D eigenvalue weighted by atomic mass is 16.2. The molecule has 30 heavy (non-hydrogen) atoms. The van der Waals surface area contributed by atoms with E-state index in [0.717, 1.165) is 24.2 Å². The van der Waals surface area contributed by atoms with Gasteiger partial charge >= 0.3 is 0 Å². The van der Waals surface area contributed by atoms with Gasteiger partial charge in [0.15, 0.2) is 0 Å². The highest BCUT2D eigenvalue weighted by Crippen LogP contribution is 2.30. The molecule has 1 aliphatic rings. The molecule has 0 aliphatic carbocycles. The quantitative estimate of drug-likeness (QED) is 0.682. The van der Waals surface area contributed by atoms with Crippen molar-refractivity contribution in [2.45, 2.75) is 33.0 Å². The van der Waals surface area contributed by atoms with Crippen LogP contribution in [0.2, 0.25) is 0 Å². The van der Waals surface area contributed by atoms with E-state index < -0.39 is 0 Å². The topological polar surface area (TPSA) is 92.2 Å². The van der Waals surface area contributed by atoms with E-state index in [-0.39, 0.29) is 18.0 Å². The number of anilines is 2. The predicted molar refractivity (Wildman–Crippen MR) is 114 cm³/mol. The molecule has 0 saturated heterocycles. The summed E-state index contributed by atoms with van der Waals surface area (Å²) in [6, 6.07) is 10.9. The molecule has 0 radical (unpaired) electrons. The van der Waals surface area contributed by atoms with Crippen molar-refractivity contribution in [2.75, 3.05) is 17.3 Å². The third-order valence-electron chi connectivity index (χ3n) is 5.29. The maximum atomic E-state index is 12.6. The summed E-state index contributed by atoms with van der Waals surface area (Å²) in [5, 5.41) is 10.2. The smallest absolute Gasteiger partial charge is 0.259 e. The first-order valence-corrected chi connectivity index (χ1v) is 9.92. The minimum atomic E-state index is -0.334. The Balaban J connectivity index is 1.50. The van der Waals surface area contributed by atoms with Crippen LogP contribution in [0.3, 0.4) is 0 Å². The number of hydrogen-bond donors (Lipinski definition) is 2. The predicted octanol–water partition coefficient (Wildman–Crippen LogP) is 3.13. The molecule has 0 bridgehead atoms. The van der Waals surface area contributed by atoms with Crippen LogP contribution in [0.1, 0.15) is 51.5 Å². The largest absolute Gasteiger partial charge is 0.335 e. The Kier molecular flexibility index (Phi) is 5.22. The number of carbonyl (C=O) groups is 2. The maximum absolute atomic E-state index is 12.6. The van der Waals surface area contributed by atoms with Crippen molar-refractivity contribution in [3.8, 4) is 0 Å². The van der Waals surface area contributed by atoms with Gasteiger partial charge < -0.3 is 15.5 Å². The van der Waals surface area contributed by atoms with E-state index >= 15 is 0 Å². The summed E-state index contributed by atoms with van der Waals surface area (Å²) in [4.78, 5) is 31.3. The summed E-state index contributed by atoms with van der Waals surface area (Å²) in [5.41, 5.74) is 3.54. The molecule has 1 unspecified atom stereocenters. The van der Waals surface area contributed by atoms with Gasteiger partial charge in [0.1, 0.15) is 12.0 Å². The van der Waals surface area contributed by atoms with E-state index in [1.807, 2.05) is 47.8 Å². The minimum Gasteiger partial charge on any atom is -0.335 e. The molecule has 1 atom stereocenters. The van der Waals surface area contributed by atoms with Gasteiger partial charge in [-0.05, 0) is 43.2 Å². The SMILES string of the molecule is CCCn1ncc(C(=O)Nc2ccc(C3NC(=O)c4cccnc4N3C)cc2)c1C. The number of nitrogens with zero attached hydrogens (tertiary/aromatic N) is 4. The van der Waals surface area contributed by atoms with Crippen molar-refractivity contribution >= 4 is 23.3 Å². The second-order valence-electron chi connectivity index (χ2n) is 7.30. The Morgan fingerprint density at radius 1 is 1.23 bits per heavy atom. The van der Waals surface area contributed by atoms with Gasteiger partial charge in [-0.25, -0.2) is 4.98 Å². The fourth-order valence-electron chi connectivity index (χ4n) is 3.64. The number of pyridine rings is 1. The fourth-order valence-corrected chi connectivity index (χ4v) is 3.64. The molecule has 3 heterocycles. The highest BCUT2D eigenvalue weighted by molar-refractivity contribution is 6.05. The van der Waals surface area contributed by atoms with Crippen molar-refractivity contribution in [3.63, 3.8) is 0 Å². The summed E-state index contributed by atoms with van der Waals surface area (Å²) in [5.74, 6) is 0.296. The normalized spacial score (nSPS) is 15.5. The summed E-state index contributed by atoms with van der Waals surface area (Å²) in [7, 11) is 1.89. The van der Waals surface area contributed by atoms with Gasteiger partial charge in [-0.2, -0.15) is 5.10 Å². The number of amides is 2. The van der Waals surface area contributed by atoms with Crippen LogP contribution in [0.15, 0.2) is 48.8 Å². The van der Waals surface area contributed by atoms with Gasteiger partial charge in [0, 0.05) is 31.2 Å². The van der Waals surface area contributed by atoms with Crippen LogP contribution < -0.4 is 15.5 Å². The van der Waals surface area contributed by atoms with E-state index in [4.69, 9.17) is 0 Å². The Labute approximate surface area is 174 Å². The summed E-state index contributed by atoms with van der Waals surface area (Å²) in [6.07, 6.45) is 3.90. The molecule has 2 amide bonds. The monoisotopic (exact) mass is 404 g/mol. The minimum absolute atomic E-state index is 0.154. The molecular formula is C22H24N6O2. The maximum Gasteiger partial charge on any atom is 0.259 e.